The number of rotatable bonds is 8. The van der Waals surface area contributed by atoms with E-state index in [4.69, 9.17) is 10.2 Å². The highest BCUT2D eigenvalue weighted by Crippen LogP contribution is 2.11. The maximum Gasteiger partial charge on any atom is 0.326 e. The monoisotopic (exact) mass is 307 g/mol. The van der Waals surface area contributed by atoms with Crippen molar-refractivity contribution in [3.63, 3.8) is 0 Å². The predicted octanol–water partition coefficient (Wildman–Crippen LogP) is 1.93. The summed E-state index contributed by atoms with van der Waals surface area (Å²) in [5.74, 6) is -2.41. The minimum atomic E-state index is -1.24. The molecule has 1 atom stereocenters. The molecular formula is C16H21NO5. The summed E-state index contributed by atoms with van der Waals surface area (Å²) in [6.45, 7) is 4.14. The summed E-state index contributed by atoms with van der Waals surface area (Å²) in [6, 6.07) is 5.79. The van der Waals surface area contributed by atoms with Crippen molar-refractivity contribution in [2.45, 2.75) is 39.2 Å². The highest BCUT2D eigenvalue weighted by molar-refractivity contribution is 5.96. The van der Waals surface area contributed by atoms with Gasteiger partial charge in [0.2, 0.25) is 0 Å². The van der Waals surface area contributed by atoms with Gasteiger partial charge in [0.15, 0.2) is 0 Å². The zero-order valence-electron chi connectivity index (χ0n) is 12.7. The molecule has 1 aromatic carbocycles. The third kappa shape index (κ3) is 5.95. The third-order valence-electron chi connectivity index (χ3n) is 3.08. The first-order valence-corrected chi connectivity index (χ1v) is 7.14. The number of hydrogen-bond donors (Lipinski definition) is 3. The SMILES string of the molecule is CC(C)Cc1cccc(C(=O)N[C@H](CCC(=O)O)C(=O)O)c1. The van der Waals surface area contributed by atoms with Crippen molar-refractivity contribution >= 4 is 17.8 Å². The number of carbonyl (C=O) groups excluding carboxylic acids is 1. The van der Waals surface area contributed by atoms with Crippen LogP contribution < -0.4 is 5.32 Å². The van der Waals surface area contributed by atoms with Gasteiger partial charge in [-0.25, -0.2) is 4.79 Å². The number of hydrogen-bond acceptors (Lipinski definition) is 3. The topological polar surface area (TPSA) is 104 Å². The number of benzene rings is 1. The molecule has 0 aliphatic rings. The normalized spacial score (nSPS) is 12.0. The van der Waals surface area contributed by atoms with E-state index in [1.807, 2.05) is 6.07 Å². The van der Waals surface area contributed by atoms with Crippen molar-refractivity contribution in [2.75, 3.05) is 0 Å². The molecule has 6 nitrogen and oxygen atoms in total. The zero-order valence-corrected chi connectivity index (χ0v) is 12.7. The zero-order chi connectivity index (χ0) is 16.7. The second-order valence-corrected chi connectivity index (χ2v) is 5.60. The standard InChI is InChI=1S/C16H21NO5/c1-10(2)8-11-4-3-5-12(9-11)15(20)17-13(16(21)22)6-7-14(18)19/h3-5,9-10,13H,6-8H2,1-2H3,(H,17,20)(H,18,19)(H,21,22)/t13-/m1/s1. The van der Waals surface area contributed by atoms with E-state index < -0.39 is 23.9 Å². The van der Waals surface area contributed by atoms with Gasteiger partial charge >= 0.3 is 11.9 Å². The number of aliphatic carboxylic acids is 2. The average Bonchev–Trinajstić information content (AvgIpc) is 2.42. The van der Waals surface area contributed by atoms with Gasteiger partial charge < -0.3 is 15.5 Å². The molecule has 0 aliphatic carbocycles. The molecule has 0 aliphatic heterocycles. The van der Waals surface area contributed by atoms with Crippen LogP contribution in [0.25, 0.3) is 0 Å². The number of carboxylic acids is 2. The smallest absolute Gasteiger partial charge is 0.326 e. The van der Waals surface area contributed by atoms with Crippen molar-refractivity contribution in [3.8, 4) is 0 Å². The van der Waals surface area contributed by atoms with Crippen molar-refractivity contribution in [1.29, 1.82) is 0 Å². The van der Waals surface area contributed by atoms with Crippen LogP contribution in [0, 0.1) is 5.92 Å². The Hall–Kier alpha value is -2.37. The van der Waals surface area contributed by atoms with Crippen molar-refractivity contribution in [3.05, 3.63) is 35.4 Å². The molecule has 0 heterocycles. The average molecular weight is 307 g/mol. The largest absolute Gasteiger partial charge is 0.481 e. The Kier molecular flexibility index (Phi) is 6.56. The van der Waals surface area contributed by atoms with Gasteiger partial charge in [-0.05, 0) is 36.5 Å². The van der Waals surface area contributed by atoms with Gasteiger partial charge in [0.1, 0.15) is 6.04 Å². The Morgan fingerprint density at radius 3 is 2.41 bits per heavy atom. The van der Waals surface area contributed by atoms with Gasteiger partial charge in [0, 0.05) is 12.0 Å². The molecule has 0 fully saturated rings. The fraction of sp³-hybridized carbons (Fsp3) is 0.438. The van der Waals surface area contributed by atoms with E-state index >= 15 is 0 Å². The molecule has 0 saturated carbocycles. The van der Waals surface area contributed by atoms with E-state index in [1.165, 1.54) is 0 Å². The van der Waals surface area contributed by atoms with E-state index in [2.05, 4.69) is 19.2 Å². The lowest BCUT2D eigenvalue weighted by molar-refractivity contribution is -0.140. The molecule has 0 spiro atoms. The molecule has 1 aromatic rings. The lowest BCUT2D eigenvalue weighted by Crippen LogP contribution is -2.41. The first-order chi connectivity index (χ1) is 10.3. The highest BCUT2D eigenvalue weighted by Gasteiger charge is 2.21. The van der Waals surface area contributed by atoms with E-state index in [1.54, 1.807) is 18.2 Å². The van der Waals surface area contributed by atoms with Crippen LogP contribution in [-0.4, -0.2) is 34.1 Å². The van der Waals surface area contributed by atoms with Crippen LogP contribution in [0.2, 0.25) is 0 Å². The molecule has 1 amide bonds. The minimum absolute atomic E-state index is 0.151. The van der Waals surface area contributed by atoms with Crippen LogP contribution in [0.4, 0.5) is 0 Å². The van der Waals surface area contributed by atoms with Crippen LogP contribution in [0.1, 0.15) is 42.6 Å². The fourth-order valence-corrected chi connectivity index (χ4v) is 2.08. The fourth-order valence-electron chi connectivity index (χ4n) is 2.08. The number of amides is 1. The van der Waals surface area contributed by atoms with Gasteiger partial charge in [-0.3, -0.25) is 9.59 Å². The number of nitrogens with one attached hydrogen (secondary N) is 1. The third-order valence-corrected chi connectivity index (χ3v) is 3.08. The Morgan fingerprint density at radius 1 is 1.18 bits per heavy atom. The molecule has 3 N–H and O–H groups in total. The van der Waals surface area contributed by atoms with Crippen LogP contribution in [0.15, 0.2) is 24.3 Å². The van der Waals surface area contributed by atoms with Crippen LogP contribution in [0.5, 0.6) is 0 Å². The molecule has 1 rings (SSSR count). The van der Waals surface area contributed by atoms with Crippen molar-refractivity contribution in [1.82, 2.24) is 5.32 Å². The van der Waals surface area contributed by atoms with Crippen LogP contribution in [0.3, 0.4) is 0 Å². The number of carbonyl (C=O) groups is 3. The molecule has 0 radical (unpaired) electrons. The Balaban J connectivity index is 2.77. The summed E-state index contributed by atoms with van der Waals surface area (Å²) in [7, 11) is 0. The molecule has 22 heavy (non-hydrogen) atoms. The molecule has 6 heteroatoms. The summed E-state index contributed by atoms with van der Waals surface area (Å²) in [4.78, 5) is 33.7. The molecular weight excluding hydrogens is 286 g/mol. The maximum atomic E-state index is 12.1. The maximum absolute atomic E-state index is 12.1. The van der Waals surface area contributed by atoms with Crippen LogP contribution in [-0.2, 0) is 16.0 Å². The van der Waals surface area contributed by atoms with Gasteiger partial charge in [-0.2, -0.15) is 0 Å². The second kappa shape index (κ2) is 8.17. The van der Waals surface area contributed by atoms with E-state index in [-0.39, 0.29) is 12.8 Å². The Bertz CT molecular complexity index is 553. The number of carboxylic acid groups (broad SMARTS) is 2. The lowest BCUT2D eigenvalue weighted by atomic mass is 10.0. The Morgan fingerprint density at radius 2 is 1.86 bits per heavy atom. The van der Waals surface area contributed by atoms with Crippen molar-refractivity contribution in [2.24, 2.45) is 5.92 Å². The second-order valence-electron chi connectivity index (χ2n) is 5.60. The summed E-state index contributed by atoms with van der Waals surface area (Å²) in [5.41, 5.74) is 1.37. The van der Waals surface area contributed by atoms with Crippen LogP contribution >= 0.6 is 0 Å². The summed E-state index contributed by atoms with van der Waals surface area (Å²) >= 11 is 0. The van der Waals surface area contributed by atoms with Gasteiger partial charge in [-0.15, -0.1) is 0 Å². The van der Waals surface area contributed by atoms with Crippen molar-refractivity contribution < 1.29 is 24.6 Å². The first-order valence-electron chi connectivity index (χ1n) is 7.14. The van der Waals surface area contributed by atoms with Gasteiger partial charge in [0.25, 0.3) is 5.91 Å². The van der Waals surface area contributed by atoms with Gasteiger partial charge in [-0.1, -0.05) is 26.0 Å². The molecule has 0 saturated heterocycles. The quantitative estimate of drug-likeness (QED) is 0.681. The molecule has 0 bridgehead atoms. The molecule has 120 valence electrons. The molecule has 0 aromatic heterocycles. The van der Waals surface area contributed by atoms with Gasteiger partial charge in [0.05, 0.1) is 0 Å². The predicted molar refractivity (Wildman–Crippen MR) is 80.7 cm³/mol. The lowest BCUT2D eigenvalue weighted by Gasteiger charge is -2.14. The minimum Gasteiger partial charge on any atom is -0.481 e. The summed E-state index contributed by atoms with van der Waals surface area (Å²) < 4.78 is 0. The summed E-state index contributed by atoms with van der Waals surface area (Å²) in [6.07, 6.45) is 0.356. The first kappa shape index (κ1) is 17.7. The van der Waals surface area contributed by atoms with E-state index in [0.29, 0.717) is 11.5 Å². The summed E-state index contributed by atoms with van der Waals surface area (Å²) in [5, 5.41) is 20.0. The van der Waals surface area contributed by atoms with E-state index in [0.717, 1.165) is 12.0 Å². The Labute approximate surface area is 129 Å². The van der Waals surface area contributed by atoms with E-state index in [9.17, 15) is 14.4 Å². The molecule has 0 unspecified atom stereocenters. The highest BCUT2D eigenvalue weighted by atomic mass is 16.4.